The van der Waals surface area contributed by atoms with E-state index in [1.807, 2.05) is 0 Å². The number of piperidine rings is 2. The van der Waals surface area contributed by atoms with Gasteiger partial charge >= 0.3 is 0 Å². The molecule has 25 heavy (non-hydrogen) atoms. The van der Waals surface area contributed by atoms with E-state index in [4.69, 9.17) is 4.52 Å². The van der Waals surface area contributed by atoms with E-state index >= 15 is 0 Å². The third-order valence-corrected chi connectivity index (χ3v) is 5.52. The average molecular weight is 348 g/mol. The largest absolute Gasteiger partial charge is 0.340 e. The van der Waals surface area contributed by atoms with Gasteiger partial charge in [0.25, 0.3) is 0 Å². The highest BCUT2D eigenvalue weighted by Crippen LogP contribution is 2.39. The van der Waals surface area contributed by atoms with E-state index in [-0.39, 0.29) is 11.5 Å². The molecule has 0 radical (unpaired) electrons. The first-order valence-corrected chi connectivity index (χ1v) is 9.70. The molecule has 1 amide bonds. The van der Waals surface area contributed by atoms with Crippen molar-refractivity contribution in [3.05, 3.63) is 11.7 Å². The van der Waals surface area contributed by atoms with Crippen molar-refractivity contribution in [1.29, 1.82) is 0 Å². The predicted molar refractivity (Wildman–Crippen MR) is 95.9 cm³/mol. The highest BCUT2D eigenvalue weighted by Gasteiger charge is 2.42. The van der Waals surface area contributed by atoms with Crippen molar-refractivity contribution in [3.63, 3.8) is 0 Å². The lowest BCUT2D eigenvalue weighted by Crippen LogP contribution is -2.55. The maximum absolute atomic E-state index is 12.2. The minimum absolute atomic E-state index is 0.237. The van der Waals surface area contributed by atoms with Crippen LogP contribution in [0.25, 0.3) is 0 Å². The Morgan fingerprint density at radius 1 is 1.20 bits per heavy atom. The molecule has 1 aromatic rings. The van der Waals surface area contributed by atoms with Crippen LogP contribution in [0.4, 0.5) is 0 Å². The molecule has 0 saturated carbocycles. The molecular weight excluding hydrogens is 316 g/mol. The van der Waals surface area contributed by atoms with Gasteiger partial charge in [-0.1, -0.05) is 19.0 Å². The first kappa shape index (κ1) is 18.4. The van der Waals surface area contributed by atoms with Crippen LogP contribution in [0.3, 0.4) is 0 Å². The summed E-state index contributed by atoms with van der Waals surface area (Å²) < 4.78 is 5.38. The first-order valence-electron chi connectivity index (χ1n) is 9.70. The quantitative estimate of drug-likeness (QED) is 0.819. The summed E-state index contributed by atoms with van der Waals surface area (Å²) in [6.07, 6.45) is 4.92. The molecule has 2 aliphatic rings. The Balaban J connectivity index is 1.63. The number of hydrogen-bond acceptors (Lipinski definition) is 5. The van der Waals surface area contributed by atoms with Crippen molar-refractivity contribution in [2.24, 2.45) is 11.3 Å². The number of carbonyl (C=O) groups excluding carboxylic acids is 1. The molecule has 0 aromatic carbocycles. The van der Waals surface area contributed by atoms with Crippen molar-refractivity contribution in [2.45, 2.75) is 72.4 Å². The summed E-state index contributed by atoms with van der Waals surface area (Å²) in [5.41, 5.74) is 0.237. The van der Waals surface area contributed by atoms with Gasteiger partial charge in [0.05, 0.1) is 6.54 Å². The second-order valence-electron chi connectivity index (χ2n) is 8.63. The van der Waals surface area contributed by atoms with Crippen molar-refractivity contribution in [3.8, 4) is 0 Å². The Morgan fingerprint density at radius 3 is 2.72 bits per heavy atom. The topological polar surface area (TPSA) is 62.5 Å². The molecule has 140 valence electrons. The monoisotopic (exact) mass is 348 g/mol. The SMILES string of the molecule is CC(C)Cc1nc(CN2CCC[C@@]3(CCC(=O)N(C(C)C)C3)C2)no1. The van der Waals surface area contributed by atoms with Crippen molar-refractivity contribution >= 4 is 5.91 Å². The summed E-state index contributed by atoms with van der Waals surface area (Å²) in [4.78, 5) is 21.3. The standard InChI is InChI=1S/C19H32N4O2/c1-14(2)10-17-20-16(21-25-17)11-22-9-5-7-19(12-22)8-6-18(24)23(13-19)15(3)4/h14-15H,5-13H2,1-4H3/t19-/m1/s1. The molecule has 2 fully saturated rings. The molecule has 2 saturated heterocycles. The average Bonchev–Trinajstić information content (AvgIpc) is 2.96. The number of amides is 1. The number of hydrogen-bond donors (Lipinski definition) is 0. The van der Waals surface area contributed by atoms with Crippen molar-refractivity contribution in [2.75, 3.05) is 19.6 Å². The fraction of sp³-hybridized carbons (Fsp3) is 0.842. The maximum Gasteiger partial charge on any atom is 0.226 e. The minimum Gasteiger partial charge on any atom is -0.340 e. The van der Waals surface area contributed by atoms with Gasteiger partial charge in [0.2, 0.25) is 11.8 Å². The zero-order chi connectivity index (χ0) is 18.0. The summed E-state index contributed by atoms with van der Waals surface area (Å²) >= 11 is 0. The van der Waals surface area contributed by atoms with Gasteiger partial charge in [-0.15, -0.1) is 0 Å². The molecule has 1 aromatic heterocycles. The lowest BCUT2D eigenvalue weighted by Gasteiger charge is -2.49. The Kier molecular flexibility index (Phi) is 5.46. The van der Waals surface area contributed by atoms with Gasteiger partial charge in [0.15, 0.2) is 5.82 Å². The van der Waals surface area contributed by atoms with Gasteiger partial charge in [0.1, 0.15) is 0 Å². The summed E-state index contributed by atoms with van der Waals surface area (Å²) in [5, 5.41) is 4.16. The second kappa shape index (κ2) is 7.44. The third-order valence-electron chi connectivity index (χ3n) is 5.52. The lowest BCUT2D eigenvalue weighted by molar-refractivity contribution is -0.141. The van der Waals surface area contributed by atoms with Crippen LogP contribution in [-0.2, 0) is 17.8 Å². The van der Waals surface area contributed by atoms with Crippen LogP contribution in [0, 0.1) is 11.3 Å². The summed E-state index contributed by atoms with van der Waals surface area (Å²) in [6, 6.07) is 0.288. The van der Waals surface area contributed by atoms with E-state index in [2.05, 4.69) is 47.6 Å². The van der Waals surface area contributed by atoms with Gasteiger partial charge in [-0.05, 0) is 45.6 Å². The first-order chi connectivity index (χ1) is 11.9. The Bertz CT molecular complexity index is 598. The van der Waals surface area contributed by atoms with Crippen molar-refractivity contribution in [1.82, 2.24) is 19.9 Å². The van der Waals surface area contributed by atoms with E-state index in [9.17, 15) is 4.79 Å². The van der Waals surface area contributed by atoms with Gasteiger partial charge < -0.3 is 9.42 Å². The summed E-state index contributed by atoms with van der Waals surface area (Å²) in [6.45, 7) is 12.3. The Labute approximate surface area is 150 Å². The number of nitrogens with zero attached hydrogens (tertiary/aromatic N) is 4. The number of likely N-dealkylation sites (tertiary alicyclic amines) is 2. The van der Waals surface area contributed by atoms with E-state index in [0.29, 0.717) is 18.2 Å². The van der Waals surface area contributed by atoms with E-state index in [1.165, 1.54) is 12.8 Å². The maximum atomic E-state index is 12.2. The molecular formula is C19H32N4O2. The molecule has 2 aliphatic heterocycles. The molecule has 0 aliphatic carbocycles. The van der Waals surface area contributed by atoms with E-state index < -0.39 is 0 Å². The molecule has 3 heterocycles. The molecule has 6 heteroatoms. The minimum atomic E-state index is 0.237. The van der Waals surface area contributed by atoms with E-state index in [0.717, 1.165) is 50.7 Å². The van der Waals surface area contributed by atoms with E-state index in [1.54, 1.807) is 0 Å². The summed E-state index contributed by atoms with van der Waals surface area (Å²) in [5.74, 6) is 2.37. The molecule has 1 atom stereocenters. The highest BCUT2D eigenvalue weighted by atomic mass is 16.5. The third kappa shape index (κ3) is 4.40. The van der Waals surface area contributed by atoms with Crippen LogP contribution >= 0.6 is 0 Å². The van der Waals surface area contributed by atoms with Gasteiger partial charge in [0, 0.05) is 37.4 Å². The molecule has 1 spiro atoms. The fourth-order valence-electron chi connectivity index (χ4n) is 4.28. The van der Waals surface area contributed by atoms with Gasteiger partial charge in [-0.2, -0.15) is 4.98 Å². The lowest BCUT2D eigenvalue weighted by atomic mass is 9.73. The molecule has 0 N–H and O–H groups in total. The zero-order valence-corrected chi connectivity index (χ0v) is 16.1. The zero-order valence-electron chi connectivity index (χ0n) is 16.1. The fourth-order valence-corrected chi connectivity index (χ4v) is 4.28. The molecule has 0 unspecified atom stereocenters. The number of carbonyl (C=O) groups is 1. The van der Waals surface area contributed by atoms with Crippen LogP contribution in [-0.4, -0.2) is 51.5 Å². The van der Waals surface area contributed by atoms with Crippen molar-refractivity contribution < 1.29 is 9.32 Å². The molecule has 0 bridgehead atoms. The van der Waals surface area contributed by atoms with Crippen LogP contribution < -0.4 is 0 Å². The molecule has 6 nitrogen and oxygen atoms in total. The second-order valence-corrected chi connectivity index (χ2v) is 8.63. The number of aromatic nitrogens is 2. The van der Waals surface area contributed by atoms with Gasteiger partial charge in [-0.3, -0.25) is 9.69 Å². The van der Waals surface area contributed by atoms with Crippen LogP contribution in [0.2, 0.25) is 0 Å². The Hall–Kier alpha value is -1.43. The van der Waals surface area contributed by atoms with Crippen LogP contribution in [0.15, 0.2) is 4.52 Å². The van der Waals surface area contributed by atoms with Gasteiger partial charge in [-0.25, -0.2) is 0 Å². The predicted octanol–water partition coefficient (Wildman–Crippen LogP) is 2.88. The highest BCUT2D eigenvalue weighted by molar-refractivity contribution is 5.77. The Morgan fingerprint density at radius 2 is 2.00 bits per heavy atom. The normalized spacial score (nSPS) is 25.5. The molecule has 3 rings (SSSR count). The number of rotatable bonds is 5. The van der Waals surface area contributed by atoms with Crippen LogP contribution in [0.5, 0.6) is 0 Å². The summed E-state index contributed by atoms with van der Waals surface area (Å²) in [7, 11) is 0. The smallest absolute Gasteiger partial charge is 0.226 e. The van der Waals surface area contributed by atoms with Crippen LogP contribution in [0.1, 0.15) is 65.1 Å².